The predicted molar refractivity (Wildman–Crippen MR) is 100 cm³/mol. The lowest BCUT2D eigenvalue weighted by molar-refractivity contribution is -0.137. The van der Waals surface area contributed by atoms with Gasteiger partial charge in [0.25, 0.3) is 5.91 Å². The number of rotatable bonds is 6. The molecule has 152 valence electrons. The van der Waals surface area contributed by atoms with Gasteiger partial charge in [0, 0.05) is 12.3 Å². The first-order chi connectivity index (χ1) is 13.8. The Balaban J connectivity index is 1.72. The molecule has 29 heavy (non-hydrogen) atoms. The number of carbonyl (C=O) groups excluding carboxylic acids is 1. The summed E-state index contributed by atoms with van der Waals surface area (Å²) in [6, 6.07) is 9.81. The Bertz CT molecular complexity index is 1020. The highest BCUT2D eigenvalue weighted by Crippen LogP contribution is 2.30. The van der Waals surface area contributed by atoms with E-state index in [4.69, 9.17) is 9.47 Å². The summed E-state index contributed by atoms with van der Waals surface area (Å²) in [5.74, 6) is 0.480. The number of nitrogens with one attached hydrogen (secondary N) is 1. The zero-order valence-electron chi connectivity index (χ0n) is 15.7. The normalized spacial score (nSPS) is 11.2. The molecule has 1 aromatic heterocycles. The molecule has 0 saturated carbocycles. The number of ether oxygens (including phenoxy) is 2. The van der Waals surface area contributed by atoms with Gasteiger partial charge in [-0.2, -0.15) is 18.3 Å². The van der Waals surface area contributed by atoms with Gasteiger partial charge < -0.3 is 14.8 Å². The van der Waals surface area contributed by atoms with Crippen molar-refractivity contribution >= 4 is 11.6 Å². The van der Waals surface area contributed by atoms with E-state index in [1.807, 2.05) is 0 Å². The van der Waals surface area contributed by atoms with Gasteiger partial charge in [0.1, 0.15) is 11.5 Å². The predicted octanol–water partition coefficient (Wildman–Crippen LogP) is 4.22. The molecular weight excluding hydrogens is 387 g/mol. The van der Waals surface area contributed by atoms with Crippen LogP contribution in [0.15, 0.2) is 54.9 Å². The highest BCUT2D eigenvalue weighted by molar-refractivity contribution is 6.06. The molecule has 0 spiro atoms. The molecule has 1 heterocycles. The number of hydrogen-bond acceptors (Lipinski definition) is 4. The molecular formula is C20H18F3N3O3. The number of nitrogens with zero attached hydrogens (tertiary/aromatic N) is 2. The molecule has 2 aromatic carbocycles. The molecule has 9 heteroatoms. The number of halogens is 3. The van der Waals surface area contributed by atoms with Crippen LogP contribution >= 0.6 is 0 Å². The summed E-state index contributed by atoms with van der Waals surface area (Å²) in [6.07, 6.45) is -1.45. The topological polar surface area (TPSA) is 65.4 Å². The van der Waals surface area contributed by atoms with E-state index < -0.39 is 17.6 Å². The molecule has 0 fully saturated rings. The number of benzene rings is 2. The van der Waals surface area contributed by atoms with Crippen molar-refractivity contribution < 1.29 is 27.4 Å². The summed E-state index contributed by atoms with van der Waals surface area (Å²) in [5, 5.41) is 6.78. The highest BCUT2D eigenvalue weighted by Gasteiger charge is 2.30. The molecule has 0 radical (unpaired) electrons. The van der Waals surface area contributed by atoms with Gasteiger partial charge >= 0.3 is 6.18 Å². The van der Waals surface area contributed by atoms with Crippen molar-refractivity contribution in [3.8, 4) is 11.5 Å². The van der Waals surface area contributed by atoms with E-state index in [2.05, 4.69) is 10.4 Å². The number of hydrogen-bond donors (Lipinski definition) is 1. The maximum atomic E-state index is 12.8. The first-order valence-corrected chi connectivity index (χ1v) is 8.52. The van der Waals surface area contributed by atoms with Gasteiger partial charge in [0.15, 0.2) is 0 Å². The van der Waals surface area contributed by atoms with Crippen molar-refractivity contribution in [1.29, 1.82) is 0 Å². The van der Waals surface area contributed by atoms with Crippen LogP contribution in [0.25, 0.3) is 0 Å². The molecule has 1 amide bonds. The number of methoxy groups -OCH3 is 2. The van der Waals surface area contributed by atoms with Crippen LogP contribution in [0, 0.1) is 0 Å². The lowest BCUT2D eigenvalue weighted by Gasteiger charge is -2.10. The third-order valence-electron chi connectivity index (χ3n) is 4.14. The van der Waals surface area contributed by atoms with Crippen molar-refractivity contribution in [2.45, 2.75) is 12.7 Å². The number of carbonyl (C=O) groups is 1. The van der Waals surface area contributed by atoms with Gasteiger partial charge in [0.05, 0.1) is 43.8 Å². The van der Waals surface area contributed by atoms with Crippen LogP contribution in [0.2, 0.25) is 0 Å². The fourth-order valence-electron chi connectivity index (χ4n) is 2.73. The Hall–Kier alpha value is -3.49. The number of aromatic nitrogens is 2. The second kappa shape index (κ2) is 8.26. The fraction of sp³-hybridized carbons (Fsp3) is 0.200. The van der Waals surface area contributed by atoms with Crippen molar-refractivity contribution in [2.75, 3.05) is 19.5 Å². The Morgan fingerprint density at radius 2 is 1.93 bits per heavy atom. The van der Waals surface area contributed by atoms with E-state index >= 15 is 0 Å². The maximum Gasteiger partial charge on any atom is 0.416 e. The monoisotopic (exact) mass is 405 g/mol. The molecule has 0 unspecified atom stereocenters. The number of anilines is 1. The van der Waals surface area contributed by atoms with Crippen molar-refractivity contribution in [3.05, 3.63) is 71.5 Å². The van der Waals surface area contributed by atoms with Gasteiger partial charge in [-0.05, 0) is 29.8 Å². The molecule has 0 saturated heterocycles. The summed E-state index contributed by atoms with van der Waals surface area (Å²) in [7, 11) is 2.95. The molecule has 0 bridgehead atoms. The number of alkyl halides is 3. The molecule has 0 aliphatic carbocycles. The van der Waals surface area contributed by atoms with Crippen LogP contribution < -0.4 is 14.8 Å². The zero-order chi connectivity index (χ0) is 21.0. The molecule has 0 aliphatic rings. The Kier molecular flexibility index (Phi) is 5.76. The summed E-state index contributed by atoms with van der Waals surface area (Å²) in [6.45, 7) is 0.131. The smallest absolute Gasteiger partial charge is 0.416 e. The van der Waals surface area contributed by atoms with Crippen LogP contribution in [0.1, 0.15) is 21.5 Å². The average molecular weight is 405 g/mol. The van der Waals surface area contributed by atoms with Crippen LogP contribution in [-0.4, -0.2) is 29.9 Å². The Labute approximate surface area is 164 Å². The molecule has 1 N–H and O–H groups in total. The van der Waals surface area contributed by atoms with Crippen molar-refractivity contribution in [2.24, 2.45) is 0 Å². The standard InChI is InChI=1S/C20H18F3N3O3/c1-28-16-6-7-17(18(9-16)29-2)19(27)25-15-10-24-26(12-15)11-13-4-3-5-14(8-13)20(21,22)23/h3-10,12H,11H2,1-2H3,(H,25,27). The van der Waals surface area contributed by atoms with Gasteiger partial charge in [-0.15, -0.1) is 0 Å². The van der Waals surface area contributed by atoms with Gasteiger partial charge in [0.2, 0.25) is 0 Å². The van der Waals surface area contributed by atoms with Gasteiger partial charge in [-0.1, -0.05) is 12.1 Å². The second-order valence-corrected chi connectivity index (χ2v) is 6.15. The van der Waals surface area contributed by atoms with Crippen LogP contribution in [0.3, 0.4) is 0 Å². The van der Waals surface area contributed by atoms with Crippen molar-refractivity contribution in [1.82, 2.24) is 9.78 Å². The summed E-state index contributed by atoms with van der Waals surface area (Å²) < 4.78 is 50.3. The average Bonchev–Trinajstić information content (AvgIpc) is 3.13. The number of amides is 1. The van der Waals surface area contributed by atoms with E-state index in [9.17, 15) is 18.0 Å². The minimum atomic E-state index is -4.41. The Morgan fingerprint density at radius 1 is 1.14 bits per heavy atom. The quantitative estimate of drug-likeness (QED) is 0.667. The molecule has 6 nitrogen and oxygen atoms in total. The summed E-state index contributed by atoms with van der Waals surface area (Å²) >= 11 is 0. The first-order valence-electron chi connectivity index (χ1n) is 8.52. The Morgan fingerprint density at radius 3 is 2.62 bits per heavy atom. The van der Waals surface area contributed by atoms with Crippen LogP contribution in [0.5, 0.6) is 11.5 Å². The molecule has 0 atom stereocenters. The third-order valence-corrected chi connectivity index (χ3v) is 4.14. The van der Waals surface area contributed by atoms with E-state index in [0.717, 1.165) is 12.1 Å². The largest absolute Gasteiger partial charge is 0.497 e. The third kappa shape index (κ3) is 4.87. The lowest BCUT2D eigenvalue weighted by Crippen LogP contribution is -2.13. The molecule has 3 rings (SSSR count). The second-order valence-electron chi connectivity index (χ2n) is 6.15. The summed E-state index contributed by atoms with van der Waals surface area (Å²) in [4.78, 5) is 12.5. The highest BCUT2D eigenvalue weighted by atomic mass is 19.4. The van der Waals surface area contributed by atoms with Crippen LogP contribution in [0.4, 0.5) is 18.9 Å². The minimum absolute atomic E-state index is 0.131. The molecule has 0 aliphatic heterocycles. The fourth-order valence-corrected chi connectivity index (χ4v) is 2.73. The lowest BCUT2D eigenvalue weighted by atomic mass is 10.1. The van der Waals surface area contributed by atoms with Gasteiger partial charge in [-0.3, -0.25) is 9.48 Å². The zero-order valence-corrected chi connectivity index (χ0v) is 15.7. The van der Waals surface area contributed by atoms with E-state index in [0.29, 0.717) is 28.3 Å². The first kappa shape index (κ1) is 20.2. The van der Waals surface area contributed by atoms with Gasteiger partial charge in [-0.25, -0.2) is 0 Å². The maximum absolute atomic E-state index is 12.8. The van der Waals surface area contributed by atoms with E-state index in [-0.39, 0.29) is 6.54 Å². The van der Waals surface area contributed by atoms with Crippen LogP contribution in [-0.2, 0) is 12.7 Å². The van der Waals surface area contributed by atoms with E-state index in [1.165, 1.54) is 37.4 Å². The minimum Gasteiger partial charge on any atom is -0.497 e. The molecule has 3 aromatic rings. The van der Waals surface area contributed by atoms with Crippen molar-refractivity contribution in [3.63, 3.8) is 0 Å². The SMILES string of the molecule is COc1ccc(C(=O)Nc2cnn(Cc3cccc(C(F)(F)F)c3)c2)c(OC)c1. The van der Waals surface area contributed by atoms with E-state index in [1.54, 1.807) is 24.3 Å². The summed E-state index contributed by atoms with van der Waals surface area (Å²) in [5.41, 5.74) is 0.429.